The van der Waals surface area contributed by atoms with E-state index in [-0.39, 0.29) is 12.0 Å². The summed E-state index contributed by atoms with van der Waals surface area (Å²) in [6, 6.07) is 3.63. The van der Waals surface area contributed by atoms with E-state index in [0.717, 1.165) is 37.9 Å². The zero-order valence-electron chi connectivity index (χ0n) is 11.9. The van der Waals surface area contributed by atoms with E-state index in [9.17, 15) is 9.90 Å². The first-order valence-corrected chi connectivity index (χ1v) is 7.35. The van der Waals surface area contributed by atoms with Gasteiger partial charge in [-0.1, -0.05) is 6.42 Å². The molecule has 1 aliphatic carbocycles. The number of hydrogen-bond donors (Lipinski definition) is 3. The summed E-state index contributed by atoms with van der Waals surface area (Å²) in [5.74, 6) is 0.351. The number of aliphatic hydroxyl groups excluding tert-OH is 1. The van der Waals surface area contributed by atoms with Gasteiger partial charge in [0.2, 0.25) is 0 Å². The lowest BCUT2D eigenvalue weighted by Gasteiger charge is -2.26. The summed E-state index contributed by atoms with van der Waals surface area (Å²) >= 11 is 0. The highest BCUT2D eigenvalue weighted by Crippen LogP contribution is 2.24. The van der Waals surface area contributed by atoms with Gasteiger partial charge in [0.1, 0.15) is 5.69 Å². The Morgan fingerprint density at radius 3 is 3.10 bits per heavy atom. The van der Waals surface area contributed by atoms with Crippen LogP contribution in [0.2, 0.25) is 0 Å². The molecule has 1 amide bonds. The van der Waals surface area contributed by atoms with E-state index >= 15 is 0 Å². The fraction of sp³-hybridized carbons (Fsp3) is 0.600. The minimum atomic E-state index is -0.154. The molecule has 5 nitrogen and oxygen atoms in total. The van der Waals surface area contributed by atoms with Crippen LogP contribution in [-0.4, -0.2) is 35.2 Å². The van der Waals surface area contributed by atoms with Gasteiger partial charge >= 0.3 is 0 Å². The van der Waals surface area contributed by atoms with Crippen molar-refractivity contribution in [3.8, 4) is 0 Å². The Kier molecular flexibility index (Phi) is 5.35. The quantitative estimate of drug-likeness (QED) is 0.767. The highest BCUT2D eigenvalue weighted by Gasteiger charge is 2.19. The van der Waals surface area contributed by atoms with Crippen LogP contribution in [0.3, 0.4) is 0 Å². The summed E-state index contributed by atoms with van der Waals surface area (Å²) < 4.78 is 0. The summed E-state index contributed by atoms with van der Waals surface area (Å²) in [4.78, 5) is 15.8. The average Bonchev–Trinajstić information content (AvgIpc) is 2.46. The van der Waals surface area contributed by atoms with E-state index in [2.05, 4.69) is 15.6 Å². The van der Waals surface area contributed by atoms with E-state index in [4.69, 9.17) is 0 Å². The second kappa shape index (κ2) is 7.24. The predicted molar refractivity (Wildman–Crippen MR) is 78.7 cm³/mol. The van der Waals surface area contributed by atoms with Gasteiger partial charge in [-0.25, -0.2) is 0 Å². The minimum Gasteiger partial charge on any atom is -0.393 e. The van der Waals surface area contributed by atoms with Crippen LogP contribution in [-0.2, 0) is 0 Å². The SMILES string of the molecule is CCNC(=O)c1cc(NCC2CCCC(O)C2)ccn1. The third kappa shape index (κ3) is 4.20. The molecule has 1 aromatic heterocycles. The summed E-state index contributed by atoms with van der Waals surface area (Å²) in [5, 5.41) is 15.7. The van der Waals surface area contributed by atoms with Crippen molar-refractivity contribution in [3.05, 3.63) is 24.0 Å². The van der Waals surface area contributed by atoms with Gasteiger partial charge in [-0.2, -0.15) is 0 Å². The molecule has 1 aliphatic rings. The molecule has 3 N–H and O–H groups in total. The van der Waals surface area contributed by atoms with Crippen LogP contribution in [0, 0.1) is 5.92 Å². The Labute approximate surface area is 119 Å². The number of carbonyl (C=O) groups is 1. The van der Waals surface area contributed by atoms with Gasteiger partial charge in [0, 0.05) is 25.0 Å². The van der Waals surface area contributed by atoms with Crippen LogP contribution in [0.15, 0.2) is 18.3 Å². The maximum Gasteiger partial charge on any atom is 0.269 e. The smallest absolute Gasteiger partial charge is 0.269 e. The number of amides is 1. The van der Waals surface area contributed by atoms with Crippen LogP contribution < -0.4 is 10.6 Å². The zero-order chi connectivity index (χ0) is 14.4. The van der Waals surface area contributed by atoms with Crippen molar-refractivity contribution in [1.29, 1.82) is 0 Å². The van der Waals surface area contributed by atoms with Crippen molar-refractivity contribution >= 4 is 11.6 Å². The summed E-state index contributed by atoms with van der Waals surface area (Å²) in [7, 11) is 0. The molecule has 0 spiro atoms. The molecule has 2 unspecified atom stereocenters. The predicted octanol–water partition coefficient (Wildman–Crippen LogP) is 1.79. The molecule has 0 radical (unpaired) electrons. The molecule has 110 valence electrons. The number of pyridine rings is 1. The normalized spacial score (nSPS) is 22.3. The highest BCUT2D eigenvalue weighted by atomic mass is 16.3. The fourth-order valence-corrected chi connectivity index (χ4v) is 2.63. The molecular weight excluding hydrogens is 254 g/mol. The van der Waals surface area contributed by atoms with Crippen LogP contribution in [0.5, 0.6) is 0 Å². The first kappa shape index (κ1) is 14.8. The maximum absolute atomic E-state index is 11.7. The van der Waals surface area contributed by atoms with E-state index in [0.29, 0.717) is 18.2 Å². The number of carbonyl (C=O) groups excluding carboxylic acids is 1. The van der Waals surface area contributed by atoms with Gasteiger partial charge < -0.3 is 15.7 Å². The molecule has 0 aliphatic heterocycles. The number of nitrogens with one attached hydrogen (secondary N) is 2. The molecule has 0 saturated heterocycles. The van der Waals surface area contributed by atoms with Crippen LogP contribution in [0.1, 0.15) is 43.1 Å². The van der Waals surface area contributed by atoms with Crippen molar-refractivity contribution in [1.82, 2.24) is 10.3 Å². The Morgan fingerprint density at radius 2 is 2.35 bits per heavy atom. The van der Waals surface area contributed by atoms with Gasteiger partial charge in [-0.15, -0.1) is 0 Å². The fourth-order valence-electron chi connectivity index (χ4n) is 2.63. The summed E-state index contributed by atoms with van der Waals surface area (Å²) in [6.07, 6.45) is 5.52. The number of aliphatic hydroxyl groups is 1. The second-order valence-corrected chi connectivity index (χ2v) is 5.36. The lowest BCUT2D eigenvalue weighted by atomic mass is 9.87. The third-order valence-electron chi connectivity index (χ3n) is 3.68. The van der Waals surface area contributed by atoms with E-state index < -0.39 is 0 Å². The topological polar surface area (TPSA) is 74.2 Å². The van der Waals surface area contributed by atoms with Gasteiger partial charge in [-0.05, 0) is 44.2 Å². The van der Waals surface area contributed by atoms with E-state index in [1.54, 1.807) is 12.3 Å². The van der Waals surface area contributed by atoms with E-state index in [1.165, 1.54) is 0 Å². The Bertz CT molecular complexity index is 450. The standard InChI is InChI=1S/C15H23N3O2/c1-2-16-15(20)14-9-12(6-7-17-14)18-10-11-4-3-5-13(19)8-11/h6-7,9,11,13,19H,2-5,8,10H2,1H3,(H,16,20)(H,17,18). The number of rotatable bonds is 5. The second-order valence-electron chi connectivity index (χ2n) is 5.36. The van der Waals surface area contributed by atoms with Crippen molar-refractivity contribution in [2.45, 2.75) is 38.7 Å². The monoisotopic (exact) mass is 277 g/mol. The minimum absolute atomic E-state index is 0.149. The van der Waals surface area contributed by atoms with Crippen LogP contribution in [0.4, 0.5) is 5.69 Å². The Hall–Kier alpha value is -1.62. The van der Waals surface area contributed by atoms with Gasteiger partial charge in [0.05, 0.1) is 6.10 Å². The average molecular weight is 277 g/mol. The Balaban J connectivity index is 1.89. The van der Waals surface area contributed by atoms with Gasteiger partial charge in [0.15, 0.2) is 0 Å². The molecule has 0 bridgehead atoms. The molecule has 0 aromatic carbocycles. The maximum atomic E-state index is 11.7. The van der Waals surface area contributed by atoms with Gasteiger partial charge in [0.25, 0.3) is 5.91 Å². The van der Waals surface area contributed by atoms with Gasteiger partial charge in [-0.3, -0.25) is 9.78 Å². The summed E-state index contributed by atoms with van der Waals surface area (Å²) in [6.45, 7) is 3.31. The molecular formula is C15H23N3O2. The Morgan fingerprint density at radius 1 is 1.50 bits per heavy atom. The molecule has 1 aromatic rings. The lowest BCUT2D eigenvalue weighted by molar-refractivity contribution is 0.0951. The largest absolute Gasteiger partial charge is 0.393 e. The molecule has 1 fully saturated rings. The van der Waals surface area contributed by atoms with Crippen LogP contribution in [0.25, 0.3) is 0 Å². The number of hydrogen-bond acceptors (Lipinski definition) is 4. The number of anilines is 1. The van der Waals surface area contributed by atoms with Crippen LogP contribution >= 0.6 is 0 Å². The summed E-state index contributed by atoms with van der Waals surface area (Å²) in [5.41, 5.74) is 1.34. The molecule has 20 heavy (non-hydrogen) atoms. The first-order chi connectivity index (χ1) is 9.69. The first-order valence-electron chi connectivity index (χ1n) is 7.35. The van der Waals surface area contributed by atoms with E-state index in [1.807, 2.05) is 13.0 Å². The van der Waals surface area contributed by atoms with Crippen molar-refractivity contribution in [2.75, 3.05) is 18.4 Å². The molecule has 2 atom stereocenters. The number of aromatic nitrogens is 1. The number of nitrogens with zero attached hydrogens (tertiary/aromatic N) is 1. The lowest BCUT2D eigenvalue weighted by Crippen LogP contribution is -2.25. The molecule has 2 rings (SSSR count). The van der Waals surface area contributed by atoms with Crippen molar-refractivity contribution < 1.29 is 9.90 Å². The molecule has 1 heterocycles. The molecule has 5 heteroatoms. The zero-order valence-corrected chi connectivity index (χ0v) is 11.9. The van der Waals surface area contributed by atoms with Crippen molar-refractivity contribution in [2.24, 2.45) is 5.92 Å². The molecule has 1 saturated carbocycles. The van der Waals surface area contributed by atoms with Crippen molar-refractivity contribution in [3.63, 3.8) is 0 Å². The third-order valence-corrected chi connectivity index (χ3v) is 3.68. The highest BCUT2D eigenvalue weighted by molar-refractivity contribution is 5.93.